The fourth-order valence-electron chi connectivity index (χ4n) is 2.66. The molecule has 0 aliphatic rings. The smallest absolute Gasteiger partial charge is 0.251 e. The minimum Gasteiger partial charge on any atom is -0.497 e. The van der Waals surface area contributed by atoms with Gasteiger partial charge in [-0.25, -0.2) is 0 Å². The van der Waals surface area contributed by atoms with Crippen LogP contribution >= 0.6 is 22.9 Å². The fraction of sp³-hybridized carbons (Fsp3) is 0.238. The Kier molecular flexibility index (Phi) is 7.80. The number of nitrogens with one attached hydrogen (secondary N) is 2. The van der Waals surface area contributed by atoms with Gasteiger partial charge in [0, 0.05) is 36.0 Å². The molecule has 0 unspecified atom stereocenters. The van der Waals surface area contributed by atoms with Gasteiger partial charge in [0.15, 0.2) is 0 Å². The Hall–Kier alpha value is -3.17. The number of nitrogens with zero attached hydrogens (tertiary/aromatic N) is 2. The molecule has 162 valence electrons. The van der Waals surface area contributed by atoms with E-state index >= 15 is 0 Å². The largest absolute Gasteiger partial charge is 0.497 e. The van der Waals surface area contributed by atoms with Crippen LogP contribution in [0.4, 0.5) is 5.13 Å². The average Bonchev–Trinajstić information content (AvgIpc) is 3.21. The minimum absolute atomic E-state index is 0.0962. The molecule has 0 atom stereocenters. The maximum absolute atomic E-state index is 12.3. The molecule has 0 saturated carbocycles. The van der Waals surface area contributed by atoms with Crippen LogP contribution in [0.3, 0.4) is 0 Å². The number of rotatable bonds is 9. The van der Waals surface area contributed by atoms with E-state index in [-0.39, 0.29) is 24.8 Å². The lowest BCUT2D eigenvalue weighted by Gasteiger charge is -2.09. The molecule has 3 aromatic rings. The number of carbonyl (C=O) groups is 2. The maximum Gasteiger partial charge on any atom is 0.251 e. The SMILES string of the molecule is COc1cc(OC)cc(C(=O)NCCC(=O)Nc2nnc(Cc3ccc(Cl)cc3)s2)c1. The molecule has 3 rings (SSSR count). The fourth-order valence-corrected chi connectivity index (χ4v) is 3.58. The lowest BCUT2D eigenvalue weighted by Crippen LogP contribution is -2.27. The molecular formula is C21H21ClN4O4S. The van der Waals surface area contributed by atoms with Crippen molar-refractivity contribution in [3.05, 3.63) is 63.6 Å². The molecule has 0 saturated heterocycles. The molecule has 0 aliphatic heterocycles. The minimum atomic E-state index is -0.328. The highest BCUT2D eigenvalue weighted by atomic mass is 35.5. The van der Waals surface area contributed by atoms with Gasteiger partial charge in [-0.15, -0.1) is 10.2 Å². The van der Waals surface area contributed by atoms with E-state index in [0.29, 0.717) is 33.6 Å². The zero-order valence-electron chi connectivity index (χ0n) is 17.0. The Balaban J connectivity index is 1.47. The topological polar surface area (TPSA) is 102 Å². The first-order valence-electron chi connectivity index (χ1n) is 9.35. The molecule has 8 nitrogen and oxygen atoms in total. The number of hydrogen-bond acceptors (Lipinski definition) is 7. The molecule has 2 N–H and O–H groups in total. The molecule has 0 radical (unpaired) electrons. The first kappa shape index (κ1) is 22.5. The number of aromatic nitrogens is 2. The molecular weight excluding hydrogens is 440 g/mol. The number of amides is 2. The van der Waals surface area contributed by atoms with Gasteiger partial charge in [0.25, 0.3) is 5.91 Å². The van der Waals surface area contributed by atoms with Crippen molar-refractivity contribution >= 4 is 39.9 Å². The number of carbonyl (C=O) groups excluding carboxylic acids is 2. The molecule has 0 spiro atoms. The van der Waals surface area contributed by atoms with Gasteiger partial charge in [0.05, 0.1) is 14.2 Å². The zero-order chi connectivity index (χ0) is 22.2. The first-order chi connectivity index (χ1) is 15.0. The Morgan fingerprint density at radius 3 is 2.35 bits per heavy atom. The average molecular weight is 461 g/mol. The Morgan fingerprint density at radius 1 is 1.03 bits per heavy atom. The van der Waals surface area contributed by atoms with Crippen LogP contribution in [0.5, 0.6) is 11.5 Å². The van der Waals surface area contributed by atoms with Gasteiger partial charge in [0.1, 0.15) is 16.5 Å². The summed E-state index contributed by atoms with van der Waals surface area (Å²) in [6, 6.07) is 12.3. The van der Waals surface area contributed by atoms with Gasteiger partial charge in [-0.05, 0) is 29.8 Å². The molecule has 2 amide bonds. The second-order valence-corrected chi connectivity index (χ2v) is 7.96. The molecule has 1 aromatic heterocycles. The third kappa shape index (κ3) is 6.66. The van der Waals surface area contributed by atoms with Crippen molar-refractivity contribution in [2.45, 2.75) is 12.8 Å². The van der Waals surface area contributed by atoms with E-state index in [1.165, 1.54) is 25.6 Å². The third-order valence-corrected chi connectivity index (χ3v) is 5.32. The number of ether oxygens (including phenoxy) is 2. The van der Waals surface area contributed by atoms with Crippen LogP contribution in [0.1, 0.15) is 27.3 Å². The number of methoxy groups -OCH3 is 2. The van der Waals surface area contributed by atoms with E-state index in [9.17, 15) is 9.59 Å². The second-order valence-electron chi connectivity index (χ2n) is 6.46. The van der Waals surface area contributed by atoms with E-state index in [0.717, 1.165) is 10.6 Å². The van der Waals surface area contributed by atoms with Crippen LogP contribution in [-0.2, 0) is 11.2 Å². The van der Waals surface area contributed by atoms with E-state index in [4.69, 9.17) is 21.1 Å². The van der Waals surface area contributed by atoms with Crippen LogP contribution in [0.15, 0.2) is 42.5 Å². The predicted octanol–water partition coefficient (Wildman–Crippen LogP) is 3.56. The standard InChI is InChI=1S/C21H21ClN4O4S/c1-29-16-10-14(11-17(12-16)30-2)20(28)23-8-7-18(27)24-21-26-25-19(31-21)9-13-3-5-15(22)6-4-13/h3-6,10-12H,7-9H2,1-2H3,(H,23,28)(H,24,26,27). The van der Waals surface area contributed by atoms with Gasteiger partial charge in [-0.1, -0.05) is 35.1 Å². The molecule has 1 heterocycles. The zero-order valence-corrected chi connectivity index (χ0v) is 18.5. The summed E-state index contributed by atoms with van der Waals surface area (Å²) in [5.41, 5.74) is 1.43. The van der Waals surface area contributed by atoms with Crippen LogP contribution in [0.2, 0.25) is 5.02 Å². The Labute approximate surface area is 188 Å². The highest BCUT2D eigenvalue weighted by Crippen LogP contribution is 2.22. The summed E-state index contributed by atoms with van der Waals surface area (Å²) in [5, 5.41) is 15.4. The van der Waals surface area contributed by atoms with Crippen molar-refractivity contribution in [3.8, 4) is 11.5 Å². The normalized spacial score (nSPS) is 10.4. The highest BCUT2D eigenvalue weighted by Gasteiger charge is 2.12. The van der Waals surface area contributed by atoms with E-state index in [1.54, 1.807) is 18.2 Å². The summed E-state index contributed by atoms with van der Waals surface area (Å²) in [6.07, 6.45) is 0.698. The van der Waals surface area contributed by atoms with Crippen molar-refractivity contribution in [1.82, 2.24) is 15.5 Å². The number of halogens is 1. The molecule has 10 heteroatoms. The lowest BCUT2D eigenvalue weighted by molar-refractivity contribution is -0.116. The lowest BCUT2D eigenvalue weighted by atomic mass is 10.2. The molecule has 0 fully saturated rings. The van der Waals surface area contributed by atoms with E-state index < -0.39 is 0 Å². The third-order valence-electron chi connectivity index (χ3n) is 4.23. The van der Waals surface area contributed by atoms with Gasteiger partial charge in [-0.3, -0.25) is 9.59 Å². The highest BCUT2D eigenvalue weighted by molar-refractivity contribution is 7.15. The first-order valence-corrected chi connectivity index (χ1v) is 10.5. The summed E-state index contributed by atoms with van der Waals surface area (Å²) in [5.74, 6) is 0.421. The van der Waals surface area contributed by atoms with E-state index in [1.807, 2.05) is 24.3 Å². The van der Waals surface area contributed by atoms with Crippen molar-refractivity contribution in [3.63, 3.8) is 0 Å². The van der Waals surface area contributed by atoms with Crippen LogP contribution < -0.4 is 20.1 Å². The molecule has 31 heavy (non-hydrogen) atoms. The van der Waals surface area contributed by atoms with E-state index in [2.05, 4.69) is 20.8 Å². The number of benzene rings is 2. The predicted molar refractivity (Wildman–Crippen MR) is 119 cm³/mol. The number of anilines is 1. The molecule has 0 aliphatic carbocycles. The van der Waals surface area contributed by atoms with Crippen molar-refractivity contribution in [1.29, 1.82) is 0 Å². The molecule has 0 bridgehead atoms. The molecule has 2 aromatic carbocycles. The monoisotopic (exact) mass is 460 g/mol. The summed E-state index contributed by atoms with van der Waals surface area (Å²) in [4.78, 5) is 24.5. The summed E-state index contributed by atoms with van der Waals surface area (Å²) in [6.45, 7) is 0.167. The number of hydrogen-bond donors (Lipinski definition) is 2. The summed E-state index contributed by atoms with van der Waals surface area (Å²) in [7, 11) is 3.02. The van der Waals surface area contributed by atoms with Gasteiger partial charge < -0.3 is 20.1 Å². The Morgan fingerprint density at radius 2 is 1.71 bits per heavy atom. The summed E-state index contributed by atoms with van der Waals surface area (Å²) < 4.78 is 10.3. The van der Waals surface area contributed by atoms with Gasteiger partial charge >= 0.3 is 0 Å². The van der Waals surface area contributed by atoms with Crippen molar-refractivity contribution < 1.29 is 19.1 Å². The van der Waals surface area contributed by atoms with Crippen LogP contribution in [0, 0.1) is 0 Å². The Bertz CT molecular complexity index is 1030. The second kappa shape index (κ2) is 10.7. The van der Waals surface area contributed by atoms with Gasteiger partial charge in [-0.2, -0.15) is 0 Å². The quantitative estimate of drug-likeness (QED) is 0.506. The van der Waals surface area contributed by atoms with Crippen molar-refractivity contribution in [2.24, 2.45) is 0 Å². The van der Waals surface area contributed by atoms with Gasteiger partial charge in [0.2, 0.25) is 11.0 Å². The van der Waals surface area contributed by atoms with Crippen LogP contribution in [-0.4, -0.2) is 42.8 Å². The van der Waals surface area contributed by atoms with Crippen LogP contribution in [0.25, 0.3) is 0 Å². The maximum atomic E-state index is 12.3. The van der Waals surface area contributed by atoms with Crippen molar-refractivity contribution in [2.75, 3.05) is 26.1 Å². The summed E-state index contributed by atoms with van der Waals surface area (Å²) >= 11 is 7.19.